The van der Waals surface area contributed by atoms with Crippen molar-refractivity contribution in [2.75, 3.05) is 6.54 Å². The highest BCUT2D eigenvalue weighted by atomic mass is 19.1. The molecule has 0 spiro atoms. The third-order valence-electron chi connectivity index (χ3n) is 1.79. The topological polar surface area (TPSA) is 43.1 Å². The van der Waals surface area contributed by atoms with E-state index in [0.29, 0.717) is 0 Å². The van der Waals surface area contributed by atoms with Crippen LogP contribution >= 0.6 is 0 Å². The van der Waals surface area contributed by atoms with E-state index >= 15 is 0 Å². The summed E-state index contributed by atoms with van der Waals surface area (Å²) in [5.74, 6) is -1.92. The van der Waals surface area contributed by atoms with Crippen LogP contribution in [-0.2, 0) is 0 Å². The van der Waals surface area contributed by atoms with E-state index in [4.69, 9.17) is 5.73 Å². The number of hydrogen-bond acceptors (Lipinski definition) is 2. The van der Waals surface area contributed by atoms with Crippen LogP contribution in [-0.4, -0.2) is 12.3 Å². The van der Waals surface area contributed by atoms with Gasteiger partial charge in [-0.2, -0.15) is 0 Å². The Hall–Kier alpha value is -1.29. The average molecular weight is 185 g/mol. The molecule has 0 aliphatic heterocycles. The monoisotopic (exact) mass is 185 g/mol. The normalized spacial score (nSPS) is 10.2. The van der Waals surface area contributed by atoms with Gasteiger partial charge in [0.15, 0.2) is 5.78 Å². The van der Waals surface area contributed by atoms with Crippen molar-refractivity contribution in [1.29, 1.82) is 0 Å². The van der Waals surface area contributed by atoms with Crippen LogP contribution in [0.2, 0.25) is 0 Å². The maximum Gasteiger partial charge on any atom is 0.176 e. The second kappa shape index (κ2) is 3.62. The van der Waals surface area contributed by atoms with Crippen molar-refractivity contribution in [1.82, 2.24) is 0 Å². The van der Waals surface area contributed by atoms with Gasteiger partial charge in [-0.3, -0.25) is 4.79 Å². The number of nitrogens with two attached hydrogens (primary N) is 1. The maximum absolute atomic E-state index is 12.9. The summed E-state index contributed by atoms with van der Waals surface area (Å²) in [6.45, 7) is 1.06. The second-order valence-electron chi connectivity index (χ2n) is 2.69. The van der Waals surface area contributed by atoms with Gasteiger partial charge in [-0.05, 0) is 19.1 Å². The van der Waals surface area contributed by atoms with E-state index in [1.165, 1.54) is 6.92 Å². The highest BCUT2D eigenvalue weighted by Gasteiger charge is 2.10. The summed E-state index contributed by atoms with van der Waals surface area (Å²) in [6, 6.07) is 1.99. The summed E-state index contributed by atoms with van der Waals surface area (Å²) in [7, 11) is 0. The number of rotatable bonds is 2. The Morgan fingerprint density at radius 3 is 2.23 bits per heavy atom. The third kappa shape index (κ3) is 1.89. The first kappa shape index (κ1) is 9.80. The smallest absolute Gasteiger partial charge is 0.176 e. The van der Waals surface area contributed by atoms with E-state index in [-0.39, 0.29) is 17.7 Å². The fourth-order valence-corrected chi connectivity index (χ4v) is 0.924. The first-order valence-corrected chi connectivity index (χ1v) is 3.75. The van der Waals surface area contributed by atoms with Crippen LogP contribution in [0.5, 0.6) is 0 Å². The van der Waals surface area contributed by atoms with E-state index in [9.17, 15) is 13.6 Å². The van der Waals surface area contributed by atoms with E-state index in [2.05, 4.69) is 0 Å². The van der Waals surface area contributed by atoms with E-state index < -0.39 is 17.4 Å². The zero-order chi connectivity index (χ0) is 10.0. The van der Waals surface area contributed by atoms with Gasteiger partial charge in [-0.15, -0.1) is 0 Å². The van der Waals surface area contributed by atoms with Crippen LogP contribution in [0.25, 0.3) is 0 Å². The predicted octanol–water partition coefficient (Wildman–Crippen LogP) is 1.41. The van der Waals surface area contributed by atoms with Gasteiger partial charge < -0.3 is 5.73 Å². The van der Waals surface area contributed by atoms with Crippen LogP contribution in [0.1, 0.15) is 15.9 Å². The van der Waals surface area contributed by atoms with Crippen LogP contribution < -0.4 is 5.73 Å². The Kier molecular flexibility index (Phi) is 2.72. The molecule has 0 radical (unpaired) electrons. The minimum atomic E-state index is -0.725. The van der Waals surface area contributed by atoms with Crippen molar-refractivity contribution in [2.24, 2.45) is 5.73 Å². The molecule has 0 aliphatic carbocycles. The zero-order valence-corrected chi connectivity index (χ0v) is 7.10. The second-order valence-corrected chi connectivity index (χ2v) is 2.69. The molecule has 4 heteroatoms. The summed E-state index contributed by atoms with van der Waals surface area (Å²) in [5, 5.41) is 0. The molecule has 0 saturated carbocycles. The number of carbonyl (C=O) groups is 1. The van der Waals surface area contributed by atoms with Crippen molar-refractivity contribution in [2.45, 2.75) is 6.92 Å². The number of Topliss-reactive ketones (excluding diaryl/α,β-unsaturated/α-hetero) is 1. The van der Waals surface area contributed by atoms with Gasteiger partial charge >= 0.3 is 0 Å². The molecule has 0 aliphatic rings. The molecule has 1 aromatic carbocycles. The molecular formula is C9H9F2NO. The SMILES string of the molecule is Cc1c(F)cc(C(=O)CN)cc1F. The number of ketones is 1. The first-order chi connectivity index (χ1) is 6.06. The number of halogens is 2. The highest BCUT2D eigenvalue weighted by molar-refractivity contribution is 5.97. The molecule has 70 valence electrons. The number of hydrogen-bond donors (Lipinski definition) is 1. The molecular weight excluding hydrogens is 176 g/mol. The van der Waals surface area contributed by atoms with Crippen LogP contribution in [0.3, 0.4) is 0 Å². The van der Waals surface area contributed by atoms with Gasteiger partial charge in [0.2, 0.25) is 0 Å². The molecule has 1 aromatic rings. The van der Waals surface area contributed by atoms with E-state index in [1.807, 2.05) is 0 Å². The third-order valence-corrected chi connectivity index (χ3v) is 1.79. The Bertz CT molecular complexity index is 326. The molecule has 13 heavy (non-hydrogen) atoms. The van der Waals surface area contributed by atoms with Gasteiger partial charge in [-0.25, -0.2) is 8.78 Å². The summed E-state index contributed by atoms with van der Waals surface area (Å²) in [4.78, 5) is 11.0. The minimum Gasteiger partial charge on any atom is -0.324 e. The van der Waals surface area contributed by atoms with E-state index in [1.54, 1.807) is 0 Å². The highest BCUT2D eigenvalue weighted by Crippen LogP contribution is 2.14. The lowest BCUT2D eigenvalue weighted by Crippen LogP contribution is -2.14. The molecule has 1 rings (SSSR count). The fourth-order valence-electron chi connectivity index (χ4n) is 0.924. The van der Waals surface area contributed by atoms with Crippen molar-refractivity contribution in [3.63, 3.8) is 0 Å². The number of carbonyl (C=O) groups excluding carboxylic acids is 1. The lowest BCUT2D eigenvalue weighted by molar-refractivity contribution is 0.100. The van der Waals surface area contributed by atoms with Crippen molar-refractivity contribution in [3.8, 4) is 0 Å². The zero-order valence-electron chi connectivity index (χ0n) is 7.10. The van der Waals surface area contributed by atoms with Gasteiger partial charge in [-0.1, -0.05) is 0 Å². The van der Waals surface area contributed by atoms with Crippen molar-refractivity contribution in [3.05, 3.63) is 34.9 Å². The number of benzene rings is 1. The lowest BCUT2D eigenvalue weighted by atomic mass is 10.1. The molecule has 0 aromatic heterocycles. The van der Waals surface area contributed by atoms with Crippen LogP contribution in [0.4, 0.5) is 8.78 Å². The minimum absolute atomic E-state index is 0.0249. The van der Waals surface area contributed by atoms with Crippen molar-refractivity contribution < 1.29 is 13.6 Å². The quantitative estimate of drug-likeness (QED) is 0.708. The first-order valence-electron chi connectivity index (χ1n) is 3.75. The summed E-state index contributed by atoms with van der Waals surface area (Å²) < 4.78 is 25.8. The molecule has 0 atom stereocenters. The molecule has 0 heterocycles. The maximum atomic E-state index is 12.9. The summed E-state index contributed by atoms with van der Waals surface area (Å²) in [5.41, 5.74) is 4.93. The molecule has 0 saturated heterocycles. The van der Waals surface area contributed by atoms with Crippen LogP contribution in [0.15, 0.2) is 12.1 Å². The Labute approximate surface area is 74.4 Å². The largest absolute Gasteiger partial charge is 0.324 e. The van der Waals surface area contributed by atoms with Gasteiger partial charge in [0.25, 0.3) is 0 Å². The summed E-state index contributed by atoms with van der Waals surface area (Å²) >= 11 is 0. The molecule has 2 nitrogen and oxygen atoms in total. The van der Waals surface area contributed by atoms with Gasteiger partial charge in [0.05, 0.1) is 6.54 Å². The van der Waals surface area contributed by atoms with Crippen molar-refractivity contribution >= 4 is 5.78 Å². The lowest BCUT2D eigenvalue weighted by Gasteiger charge is -2.02. The molecule has 0 fully saturated rings. The fraction of sp³-hybridized carbons (Fsp3) is 0.222. The Balaban J connectivity index is 3.20. The summed E-state index contributed by atoms with van der Waals surface area (Å²) in [6.07, 6.45) is 0. The van der Waals surface area contributed by atoms with Gasteiger partial charge in [0.1, 0.15) is 11.6 Å². The molecule has 0 amide bonds. The standard InChI is InChI=1S/C9H9F2NO/c1-5-7(10)2-6(3-8(5)11)9(13)4-12/h2-3H,4,12H2,1H3. The van der Waals surface area contributed by atoms with Crippen LogP contribution in [0, 0.1) is 18.6 Å². The Morgan fingerprint density at radius 2 is 1.85 bits per heavy atom. The predicted molar refractivity (Wildman–Crippen MR) is 44.5 cm³/mol. The molecule has 0 bridgehead atoms. The van der Waals surface area contributed by atoms with E-state index in [0.717, 1.165) is 12.1 Å². The molecule has 0 unspecified atom stereocenters. The van der Waals surface area contributed by atoms with Gasteiger partial charge in [0, 0.05) is 11.1 Å². The average Bonchev–Trinajstić information content (AvgIpc) is 2.12. The molecule has 2 N–H and O–H groups in total. The Morgan fingerprint density at radius 1 is 1.38 bits per heavy atom.